The van der Waals surface area contributed by atoms with Gasteiger partial charge in [0.2, 0.25) is 0 Å². The molecular weight excluding hydrogens is 170 g/mol. The highest BCUT2D eigenvalue weighted by Crippen LogP contribution is 2.02. The van der Waals surface area contributed by atoms with Crippen LogP contribution < -0.4 is 0 Å². The molecule has 1 aromatic carbocycles. The summed E-state index contributed by atoms with van der Waals surface area (Å²) in [4.78, 5) is 3.74. The van der Waals surface area contributed by atoms with Crippen LogP contribution in [0.25, 0.3) is 0 Å². The Morgan fingerprint density at radius 1 is 1.17 bits per heavy atom. The molecule has 2 aromatic rings. The van der Waals surface area contributed by atoms with Gasteiger partial charge in [0.15, 0.2) is 0 Å². The molecule has 0 fully saturated rings. The van der Waals surface area contributed by atoms with Crippen molar-refractivity contribution < 1.29 is 5.11 Å². The van der Waals surface area contributed by atoms with Gasteiger partial charge < -0.3 is 5.11 Å². The van der Waals surface area contributed by atoms with E-state index in [4.69, 9.17) is 5.11 Å². The maximum Gasteiger partial charge on any atom is 0.115 e. The number of benzene rings is 1. The maximum absolute atomic E-state index is 8.63. The summed E-state index contributed by atoms with van der Waals surface area (Å²) in [7, 11) is 0. The van der Waals surface area contributed by atoms with Crippen LogP contribution in [0.5, 0.6) is 5.75 Å². The fourth-order valence-electron chi connectivity index (χ4n) is 0.604. The Labute approximate surface area is 75.1 Å². The van der Waals surface area contributed by atoms with Gasteiger partial charge in [-0.3, -0.25) is 4.98 Å². The highest BCUT2D eigenvalue weighted by atomic mass is 32.1. The van der Waals surface area contributed by atoms with E-state index >= 15 is 0 Å². The van der Waals surface area contributed by atoms with E-state index in [-0.39, 0.29) is 0 Å². The zero-order valence-electron chi connectivity index (χ0n) is 6.42. The Kier molecular flexibility index (Phi) is 3.88. The Bertz CT molecular complexity index is 263. The molecule has 3 heteroatoms. The van der Waals surface area contributed by atoms with Crippen LogP contribution in [0.1, 0.15) is 0 Å². The topological polar surface area (TPSA) is 33.1 Å². The predicted molar refractivity (Wildman–Crippen MR) is 50.2 cm³/mol. The molecule has 62 valence electrons. The maximum atomic E-state index is 8.63. The summed E-state index contributed by atoms with van der Waals surface area (Å²) in [6, 6.07) is 8.71. The summed E-state index contributed by atoms with van der Waals surface area (Å²) in [6.45, 7) is 0. The molecule has 0 unspecified atom stereocenters. The molecule has 0 amide bonds. The second-order valence-corrected chi connectivity index (χ2v) is 2.77. The predicted octanol–water partition coefficient (Wildman–Crippen LogP) is 2.54. The summed E-state index contributed by atoms with van der Waals surface area (Å²) in [5.41, 5.74) is 1.79. The van der Waals surface area contributed by atoms with E-state index in [2.05, 4.69) is 4.98 Å². The molecule has 0 aliphatic heterocycles. The van der Waals surface area contributed by atoms with E-state index in [1.54, 1.807) is 47.3 Å². The van der Waals surface area contributed by atoms with Gasteiger partial charge in [0.25, 0.3) is 0 Å². The highest BCUT2D eigenvalue weighted by molar-refractivity contribution is 7.07. The number of rotatable bonds is 0. The zero-order chi connectivity index (χ0) is 8.65. The fraction of sp³-hybridized carbons (Fsp3) is 0. The average molecular weight is 179 g/mol. The lowest BCUT2D eigenvalue weighted by Crippen LogP contribution is -1.56. The molecule has 0 aliphatic carbocycles. The number of aromatic nitrogens is 1. The summed E-state index contributed by atoms with van der Waals surface area (Å²) < 4.78 is 0. The first-order valence-electron chi connectivity index (χ1n) is 3.46. The standard InChI is InChI=1S/C6H6O.C3H3NS/c7-6-4-2-1-3-5-6;1-2-5-3-4-1/h1-5,7H;1-3H. The molecule has 0 bridgehead atoms. The molecule has 0 spiro atoms. The Balaban J connectivity index is 0.000000127. The SMILES string of the molecule is Oc1ccccc1.c1cscn1. The van der Waals surface area contributed by atoms with Crippen LogP contribution in [-0.2, 0) is 0 Å². The number of nitrogens with zero attached hydrogens (tertiary/aromatic N) is 1. The molecule has 0 saturated heterocycles. The van der Waals surface area contributed by atoms with E-state index in [1.165, 1.54) is 0 Å². The molecule has 1 heterocycles. The number of hydrogen-bond acceptors (Lipinski definition) is 3. The van der Waals surface area contributed by atoms with E-state index < -0.39 is 0 Å². The lowest BCUT2D eigenvalue weighted by atomic mass is 10.3. The quantitative estimate of drug-likeness (QED) is 0.674. The number of para-hydroxylation sites is 1. The van der Waals surface area contributed by atoms with Crippen molar-refractivity contribution >= 4 is 11.3 Å². The van der Waals surface area contributed by atoms with Crippen LogP contribution in [0, 0.1) is 0 Å². The molecule has 12 heavy (non-hydrogen) atoms. The third kappa shape index (κ3) is 3.73. The van der Waals surface area contributed by atoms with Gasteiger partial charge in [-0.2, -0.15) is 0 Å². The second kappa shape index (κ2) is 5.32. The van der Waals surface area contributed by atoms with Gasteiger partial charge in [-0.1, -0.05) is 18.2 Å². The summed E-state index contributed by atoms with van der Waals surface area (Å²) in [6.07, 6.45) is 1.77. The number of phenols is 1. The van der Waals surface area contributed by atoms with Gasteiger partial charge in [0.05, 0.1) is 5.51 Å². The molecule has 0 saturated carbocycles. The number of hydrogen-bond donors (Lipinski definition) is 1. The van der Waals surface area contributed by atoms with Gasteiger partial charge in [-0.25, -0.2) is 0 Å². The van der Waals surface area contributed by atoms with Gasteiger partial charge in [-0.15, -0.1) is 11.3 Å². The highest BCUT2D eigenvalue weighted by Gasteiger charge is 1.74. The van der Waals surface area contributed by atoms with Crippen molar-refractivity contribution in [1.82, 2.24) is 4.98 Å². The summed E-state index contributed by atoms with van der Waals surface area (Å²) in [5, 5.41) is 10.6. The normalized spacial score (nSPS) is 8.33. The first kappa shape index (κ1) is 8.74. The van der Waals surface area contributed by atoms with E-state index in [0.29, 0.717) is 5.75 Å². The van der Waals surface area contributed by atoms with Crippen molar-refractivity contribution in [2.45, 2.75) is 0 Å². The largest absolute Gasteiger partial charge is 0.508 e. The van der Waals surface area contributed by atoms with Gasteiger partial charge in [0, 0.05) is 11.6 Å². The molecule has 0 atom stereocenters. The Hall–Kier alpha value is -1.35. The van der Waals surface area contributed by atoms with Crippen molar-refractivity contribution in [1.29, 1.82) is 0 Å². The number of thiazole rings is 1. The molecule has 0 aliphatic rings. The van der Waals surface area contributed by atoms with Crippen LogP contribution in [-0.4, -0.2) is 10.1 Å². The van der Waals surface area contributed by atoms with Gasteiger partial charge >= 0.3 is 0 Å². The third-order valence-corrected chi connectivity index (χ3v) is 1.63. The van der Waals surface area contributed by atoms with Crippen molar-refractivity contribution in [3.63, 3.8) is 0 Å². The van der Waals surface area contributed by atoms with Crippen molar-refractivity contribution in [3.8, 4) is 5.75 Å². The Morgan fingerprint density at radius 2 is 1.92 bits per heavy atom. The molecule has 0 radical (unpaired) electrons. The first-order valence-corrected chi connectivity index (χ1v) is 4.40. The minimum Gasteiger partial charge on any atom is -0.508 e. The van der Waals surface area contributed by atoms with Crippen LogP contribution in [0.2, 0.25) is 0 Å². The first-order chi connectivity index (χ1) is 5.89. The Morgan fingerprint density at radius 3 is 2.17 bits per heavy atom. The minimum absolute atomic E-state index is 0.322. The average Bonchev–Trinajstić information content (AvgIpc) is 2.62. The molecule has 2 rings (SSSR count). The summed E-state index contributed by atoms with van der Waals surface area (Å²) >= 11 is 1.60. The lowest BCUT2D eigenvalue weighted by Gasteiger charge is -1.82. The summed E-state index contributed by atoms with van der Waals surface area (Å²) in [5.74, 6) is 0.322. The van der Waals surface area contributed by atoms with Crippen LogP contribution >= 0.6 is 11.3 Å². The van der Waals surface area contributed by atoms with Gasteiger partial charge in [0.1, 0.15) is 5.75 Å². The monoisotopic (exact) mass is 179 g/mol. The molecule has 2 nitrogen and oxygen atoms in total. The minimum atomic E-state index is 0.322. The lowest BCUT2D eigenvalue weighted by molar-refractivity contribution is 0.475. The molecule has 1 aromatic heterocycles. The smallest absolute Gasteiger partial charge is 0.115 e. The van der Waals surface area contributed by atoms with E-state index in [1.807, 2.05) is 11.4 Å². The van der Waals surface area contributed by atoms with Crippen molar-refractivity contribution in [3.05, 3.63) is 47.4 Å². The van der Waals surface area contributed by atoms with E-state index in [0.717, 1.165) is 0 Å². The zero-order valence-corrected chi connectivity index (χ0v) is 7.24. The third-order valence-electron chi connectivity index (χ3n) is 1.10. The van der Waals surface area contributed by atoms with Crippen LogP contribution in [0.15, 0.2) is 47.4 Å². The van der Waals surface area contributed by atoms with Crippen LogP contribution in [0.3, 0.4) is 0 Å². The molecular formula is C9H9NOS. The fourth-order valence-corrected chi connectivity index (χ4v) is 0.955. The number of phenolic OH excluding ortho intramolecular Hbond substituents is 1. The molecule has 1 N–H and O–H groups in total. The van der Waals surface area contributed by atoms with Crippen LogP contribution in [0.4, 0.5) is 0 Å². The van der Waals surface area contributed by atoms with E-state index in [9.17, 15) is 0 Å². The van der Waals surface area contributed by atoms with Gasteiger partial charge in [-0.05, 0) is 12.1 Å². The van der Waals surface area contributed by atoms with Crippen molar-refractivity contribution in [2.24, 2.45) is 0 Å². The van der Waals surface area contributed by atoms with Crippen molar-refractivity contribution in [2.75, 3.05) is 0 Å². The second-order valence-electron chi connectivity index (χ2n) is 2.01. The number of aromatic hydroxyl groups is 1.